The lowest BCUT2D eigenvalue weighted by molar-refractivity contribution is -0.115. The molecule has 6 heteroatoms. The first-order chi connectivity index (χ1) is 6.68. The van der Waals surface area contributed by atoms with Crippen LogP contribution in [0.4, 0.5) is 10.6 Å². The number of nitrogens with zero attached hydrogens (tertiary/aromatic N) is 2. The highest BCUT2D eigenvalue weighted by Gasteiger charge is 2.30. The highest BCUT2D eigenvalue weighted by atomic mass is 79.9. The highest BCUT2D eigenvalue weighted by Crippen LogP contribution is 2.18. The van der Waals surface area contributed by atoms with Crippen molar-refractivity contribution >= 4 is 33.7 Å². The van der Waals surface area contributed by atoms with E-state index in [0.29, 0.717) is 5.82 Å². The van der Waals surface area contributed by atoms with E-state index >= 15 is 0 Å². The summed E-state index contributed by atoms with van der Waals surface area (Å²) in [5, 5.41) is 2.42. The van der Waals surface area contributed by atoms with E-state index in [1.54, 1.807) is 12.1 Å². The van der Waals surface area contributed by atoms with Crippen molar-refractivity contribution in [2.45, 2.75) is 0 Å². The predicted octanol–water partition coefficient (Wildman–Crippen LogP) is 0.900. The summed E-state index contributed by atoms with van der Waals surface area (Å²) in [4.78, 5) is 27.5. The van der Waals surface area contributed by atoms with E-state index in [1.165, 1.54) is 6.20 Å². The summed E-state index contributed by atoms with van der Waals surface area (Å²) < 4.78 is 0.773. The van der Waals surface area contributed by atoms with Crippen molar-refractivity contribution < 1.29 is 9.59 Å². The fraction of sp³-hybridized carbons (Fsp3) is 0.125. The number of imide groups is 1. The summed E-state index contributed by atoms with van der Waals surface area (Å²) in [6.07, 6.45) is 1.53. The van der Waals surface area contributed by atoms with Crippen molar-refractivity contribution in [2.24, 2.45) is 0 Å². The first-order valence-corrected chi connectivity index (χ1v) is 4.70. The van der Waals surface area contributed by atoms with Crippen LogP contribution in [0.2, 0.25) is 0 Å². The van der Waals surface area contributed by atoms with Crippen LogP contribution in [0, 0.1) is 0 Å². The molecule has 0 unspecified atom stereocenters. The average Bonchev–Trinajstić information content (AvgIpc) is 2.46. The Morgan fingerprint density at radius 2 is 2.29 bits per heavy atom. The molecule has 0 radical (unpaired) electrons. The standard InChI is InChI=1S/C8H6BrN3O2/c9-5-1-2-10-6(3-5)12-7(13)4-11-8(12)14/h1-3H,4H2,(H,11,14). The molecular formula is C8H6BrN3O2. The second-order valence-corrected chi connectivity index (χ2v) is 3.64. The van der Waals surface area contributed by atoms with Gasteiger partial charge in [0.2, 0.25) is 0 Å². The summed E-state index contributed by atoms with van der Waals surface area (Å²) in [6.45, 7) is 0.0347. The third-order valence-electron chi connectivity index (χ3n) is 1.78. The quantitative estimate of drug-likeness (QED) is 0.759. The number of carbonyl (C=O) groups excluding carboxylic acids is 2. The topological polar surface area (TPSA) is 62.3 Å². The lowest BCUT2D eigenvalue weighted by Gasteiger charge is -2.10. The average molecular weight is 256 g/mol. The highest BCUT2D eigenvalue weighted by molar-refractivity contribution is 9.10. The maximum Gasteiger partial charge on any atom is 0.330 e. The molecule has 1 saturated heterocycles. The molecular weight excluding hydrogens is 250 g/mol. The minimum Gasteiger partial charge on any atom is -0.328 e. The molecule has 1 aliphatic heterocycles. The Balaban J connectivity index is 2.39. The van der Waals surface area contributed by atoms with Crippen molar-refractivity contribution in [3.8, 4) is 0 Å². The number of hydrogen-bond donors (Lipinski definition) is 1. The van der Waals surface area contributed by atoms with Crippen LogP contribution in [0.15, 0.2) is 22.8 Å². The van der Waals surface area contributed by atoms with E-state index in [4.69, 9.17) is 0 Å². The number of pyridine rings is 1. The van der Waals surface area contributed by atoms with Crippen LogP contribution in [-0.2, 0) is 4.79 Å². The summed E-state index contributed by atoms with van der Waals surface area (Å²) in [5.74, 6) is 0.0416. The Kier molecular flexibility index (Phi) is 2.20. The molecule has 1 aliphatic rings. The summed E-state index contributed by atoms with van der Waals surface area (Å²) in [5.41, 5.74) is 0. The van der Waals surface area contributed by atoms with Gasteiger partial charge in [0.1, 0.15) is 5.82 Å². The Morgan fingerprint density at radius 1 is 1.50 bits per heavy atom. The van der Waals surface area contributed by atoms with Gasteiger partial charge in [-0.15, -0.1) is 0 Å². The van der Waals surface area contributed by atoms with E-state index < -0.39 is 6.03 Å². The zero-order valence-corrected chi connectivity index (χ0v) is 8.61. The van der Waals surface area contributed by atoms with Crippen LogP contribution in [0.3, 0.4) is 0 Å². The van der Waals surface area contributed by atoms with Crippen LogP contribution in [-0.4, -0.2) is 23.5 Å². The van der Waals surface area contributed by atoms with Crippen LogP contribution in [0.1, 0.15) is 0 Å². The Labute approximate surface area is 88.2 Å². The third-order valence-corrected chi connectivity index (χ3v) is 2.27. The van der Waals surface area contributed by atoms with Crippen LogP contribution >= 0.6 is 15.9 Å². The third kappa shape index (κ3) is 1.48. The van der Waals surface area contributed by atoms with E-state index in [0.717, 1.165) is 9.37 Å². The monoisotopic (exact) mass is 255 g/mol. The molecule has 1 aromatic rings. The molecule has 0 aliphatic carbocycles. The summed E-state index contributed by atoms with van der Waals surface area (Å²) in [6, 6.07) is 2.91. The number of halogens is 1. The van der Waals surface area contributed by atoms with Gasteiger partial charge in [0.25, 0.3) is 5.91 Å². The fourth-order valence-corrected chi connectivity index (χ4v) is 1.49. The van der Waals surface area contributed by atoms with E-state index in [9.17, 15) is 9.59 Å². The van der Waals surface area contributed by atoms with Gasteiger partial charge in [-0.3, -0.25) is 4.79 Å². The summed E-state index contributed by atoms with van der Waals surface area (Å²) in [7, 11) is 0. The molecule has 2 heterocycles. The van der Waals surface area contributed by atoms with Crippen LogP contribution < -0.4 is 10.2 Å². The number of aromatic nitrogens is 1. The molecule has 1 aromatic heterocycles. The molecule has 14 heavy (non-hydrogen) atoms. The normalized spacial score (nSPS) is 15.9. The minimum absolute atomic E-state index is 0.0347. The van der Waals surface area contributed by atoms with Crippen LogP contribution in [0.5, 0.6) is 0 Å². The zero-order chi connectivity index (χ0) is 10.1. The molecule has 1 fully saturated rings. The fourth-order valence-electron chi connectivity index (χ4n) is 1.17. The lowest BCUT2D eigenvalue weighted by Crippen LogP contribution is -2.31. The van der Waals surface area contributed by atoms with Gasteiger partial charge in [-0.2, -0.15) is 0 Å². The molecule has 0 saturated carbocycles. The molecule has 0 bridgehead atoms. The summed E-state index contributed by atoms with van der Waals surface area (Å²) >= 11 is 3.24. The zero-order valence-electron chi connectivity index (χ0n) is 7.03. The molecule has 2 rings (SSSR count). The van der Waals surface area contributed by atoms with Crippen molar-refractivity contribution in [2.75, 3.05) is 11.4 Å². The molecule has 0 atom stereocenters. The van der Waals surface area contributed by atoms with Gasteiger partial charge < -0.3 is 5.32 Å². The van der Waals surface area contributed by atoms with Gasteiger partial charge in [0, 0.05) is 10.7 Å². The largest absolute Gasteiger partial charge is 0.330 e. The second kappa shape index (κ2) is 3.38. The number of urea groups is 1. The minimum atomic E-state index is -0.430. The second-order valence-electron chi connectivity index (χ2n) is 2.72. The van der Waals surface area contributed by atoms with Gasteiger partial charge in [-0.25, -0.2) is 14.7 Å². The first-order valence-electron chi connectivity index (χ1n) is 3.91. The Morgan fingerprint density at radius 3 is 2.86 bits per heavy atom. The van der Waals surface area contributed by atoms with Crippen molar-refractivity contribution in [1.82, 2.24) is 10.3 Å². The van der Waals surface area contributed by atoms with Gasteiger partial charge in [0.15, 0.2) is 0 Å². The first kappa shape index (κ1) is 9.14. The lowest BCUT2D eigenvalue weighted by atomic mass is 10.4. The molecule has 72 valence electrons. The number of anilines is 1. The van der Waals surface area contributed by atoms with Crippen molar-refractivity contribution in [1.29, 1.82) is 0 Å². The maximum absolute atomic E-state index is 11.3. The van der Waals surface area contributed by atoms with Crippen molar-refractivity contribution in [3.05, 3.63) is 22.8 Å². The number of amides is 3. The van der Waals surface area contributed by atoms with E-state index in [-0.39, 0.29) is 12.5 Å². The van der Waals surface area contributed by atoms with E-state index in [2.05, 4.69) is 26.2 Å². The Hall–Kier alpha value is -1.43. The predicted molar refractivity (Wildman–Crippen MR) is 52.8 cm³/mol. The van der Waals surface area contributed by atoms with Gasteiger partial charge >= 0.3 is 6.03 Å². The molecule has 0 spiro atoms. The van der Waals surface area contributed by atoms with E-state index in [1.807, 2.05) is 0 Å². The van der Waals surface area contributed by atoms with Gasteiger partial charge in [-0.05, 0) is 12.1 Å². The smallest absolute Gasteiger partial charge is 0.328 e. The van der Waals surface area contributed by atoms with Crippen LogP contribution in [0.25, 0.3) is 0 Å². The molecule has 5 nitrogen and oxygen atoms in total. The SMILES string of the molecule is O=C1CNC(=O)N1c1cc(Br)ccn1. The molecule has 3 amide bonds. The van der Waals surface area contributed by atoms with Crippen molar-refractivity contribution in [3.63, 3.8) is 0 Å². The van der Waals surface area contributed by atoms with Gasteiger partial charge in [-0.1, -0.05) is 15.9 Å². The maximum atomic E-state index is 11.3. The molecule has 1 N–H and O–H groups in total. The number of rotatable bonds is 1. The molecule has 0 aromatic carbocycles. The van der Waals surface area contributed by atoms with Gasteiger partial charge in [0.05, 0.1) is 6.54 Å². The number of hydrogen-bond acceptors (Lipinski definition) is 3. The Bertz CT molecular complexity index is 391. The number of carbonyl (C=O) groups is 2. The number of nitrogens with one attached hydrogen (secondary N) is 1.